The molecular formula is C19H30N2O. The average molecular weight is 302 g/mol. The quantitative estimate of drug-likeness (QED) is 0.845. The van der Waals surface area contributed by atoms with E-state index in [9.17, 15) is 4.79 Å². The molecule has 1 saturated carbocycles. The molecule has 1 N–H and O–H groups in total. The summed E-state index contributed by atoms with van der Waals surface area (Å²) < 4.78 is 0. The summed E-state index contributed by atoms with van der Waals surface area (Å²) in [4.78, 5) is 15.2. The Morgan fingerprint density at radius 3 is 2.91 bits per heavy atom. The highest BCUT2D eigenvalue weighted by molar-refractivity contribution is 5.83. The van der Waals surface area contributed by atoms with E-state index in [1.54, 1.807) is 0 Å². The molecule has 2 aliphatic carbocycles. The largest absolute Gasteiger partial charge is 0.334 e. The third-order valence-electron chi connectivity index (χ3n) is 5.86. The van der Waals surface area contributed by atoms with Crippen molar-refractivity contribution in [3.63, 3.8) is 0 Å². The van der Waals surface area contributed by atoms with Gasteiger partial charge in [0.05, 0.1) is 6.04 Å². The van der Waals surface area contributed by atoms with E-state index in [1.165, 1.54) is 44.1 Å². The first-order valence-electron chi connectivity index (χ1n) is 9.09. The van der Waals surface area contributed by atoms with Crippen molar-refractivity contribution < 1.29 is 4.79 Å². The van der Waals surface area contributed by atoms with Crippen molar-refractivity contribution >= 4 is 5.91 Å². The fourth-order valence-electron chi connectivity index (χ4n) is 4.61. The van der Waals surface area contributed by atoms with Gasteiger partial charge in [-0.15, -0.1) is 0 Å². The van der Waals surface area contributed by atoms with Gasteiger partial charge in [-0.05, 0) is 50.6 Å². The third kappa shape index (κ3) is 3.01. The first-order valence-corrected chi connectivity index (χ1v) is 9.09. The number of rotatable bonds is 5. The molecule has 3 aliphatic rings. The third-order valence-corrected chi connectivity index (χ3v) is 5.86. The molecule has 3 rings (SSSR count). The molecule has 0 aromatic heterocycles. The van der Waals surface area contributed by atoms with E-state index in [4.69, 9.17) is 0 Å². The summed E-state index contributed by atoms with van der Waals surface area (Å²) >= 11 is 0. The SMILES string of the molecule is CCCC1C=CC=C1CN1C(=O)C(NC)CCC2CCCC21. The lowest BCUT2D eigenvalue weighted by Gasteiger charge is -2.33. The van der Waals surface area contributed by atoms with Gasteiger partial charge in [0.1, 0.15) is 0 Å². The van der Waals surface area contributed by atoms with E-state index >= 15 is 0 Å². The van der Waals surface area contributed by atoms with Crippen molar-refractivity contribution in [2.75, 3.05) is 13.6 Å². The van der Waals surface area contributed by atoms with Gasteiger partial charge in [-0.3, -0.25) is 4.79 Å². The number of allylic oxidation sites excluding steroid dienone is 3. The van der Waals surface area contributed by atoms with Gasteiger partial charge in [-0.25, -0.2) is 0 Å². The Balaban J connectivity index is 1.77. The van der Waals surface area contributed by atoms with E-state index in [1.807, 2.05) is 7.05 Å². The number of fused-ring (bicyclic) bond motifs is 1. The minimum absolute atomic E-state index is 0.0187. The highest BCUT2D eigenvalue weighted by Crippen LogP contribution is 2.38. The second-order valence-corrected chi connectivity index (χ2v) is 7.16. The molecule has 1 heterocycles. The van der Waals surface area contributed by atoms with Gasteiger partial charge in [0, 0.05) is 18.5 Å². The maximum atomic E-state index is 13.0. The number of hydrogen-bond donors (Lipinski definition) is 1. The van der Waals surface area contributed by atoms with Crippen molar-refractivity contribution in [3.8, 4) is 0 Å². The first-order chi connectivity index (χ1) is 10.7. The lowest BCUT2D eigenvalue weighted by Crippen LogP contribution is -2.49. The predicted octanol–water partition coefficient (Wildman–Crippen LogP) is 3.28. The molecule has 4 unspecified atom stereocenters. The van der Waals surface area contributed by atoms with E-state index in [0.717, 1.165) is 18.9 Å². The molecule has 0 aromatic carbocycles. The number of likely N-dealkylation sites (N-methyl/N-ethyl adjacent to an activating group) is 1. The molecule has 0 radical (unpaired) electrons. The van der Waals surface area contributed by atoms with Crippen molar-refractivity contribution in [2.24, 2.45) is 11.8 Å². The highest BCUT2D eigenvalue weighted by atomic mass is 16.2. The van der Waals surface area contributed by atoms with Crippen LogP contribution in [0.2, 0.25) is 0 Å². The minimum atomic E-state index is 0.0187. The van der Waals surface area contributed by atoms with E-state index in [-0.39, 0.29) is 6.04 Å². The number of likely N-dealkylation sites (tertiary alicyclic amines) is 1. The van der Waals surface area contributed by atoms with Crippen LogP contribution < -0.4 is 5.32 Å². The molecule has 22 heavy (non-hydrogen) atoms. The van der Waals surface area contributed by atoms with Crippen molar-refractivity contribution in [3.05, 3.63) is 23.8 Å². The predicted molar refractivity (Wildman–Crippen MR) is 90.5 cm³/mol. The van der Waals surface area contributed by atoms with E-state index in [2.05, 4.69) is 35.4 Å². The smallest absolute Gasteiger partial charge is 0.240 e. The molecule has 0 spiro atoms. The Morgan fingerprint density at radius 2 is 2.14 bits per heavy atom. The molecule has 4 atom stereocenters. The van der Waals surface area contributed by atoms with Crippen molar-refractivity contribution in [1.82, 2.24) is 10.2 Å². The maximum absolute atomic E-state index is 13.0. The Labute approximate surface area is 134 Å². The van der Waals surface area contributed by atoms with Gasteiger partial charge in [0.15, 0.2) is 0 Å². The summed E-state index contributed by atoms with van der Waals surface area (Å²) in [5.41, 5.74) is 1.44. The second-order valence-electron chi connectivity index (χ2n) is 7.16. The molecule has 2 fully saturated rings. The molecule has 0 aromatic rings. The van der Waals surface area contributed by atoms with E-state index in [0.29, 0.717) is 17.9 Å². The zero-order valence-electron chi connectivity index (χ0n) is 14.1. The average Bonchev–Trinajstić information content (AvgIpc) is 3.12. The molecule has 1 saturated heterocycles. The first kappa shape index (κ1) is 15.8. The van der Waals surface area contributed by atoms with Gasteiger partial charge in [0.25, 0.3) is 0 Å². The molecule has 3 nitrogen and oxygen atoms in total. The Bertz CT molecular complexity index is 468. The standard InChI is InChI=1S/C19H30N2O/c1-3-6-14-7-4-9-16(14)13-21-18-10-5-8-15(18)11-12-17(20-2)19(21)22/h4,7,9,14-15,17-18,20H,3,5-6,8,10-13H2,1-2H3. The Hall–Kier alpha value is -1.09. The van der Waals surface area contributed by atoms with Gasteiger partial charge >= 0.3 is 0 Å². The zero-order chi connectivity index (χ0) is 15.5. The number of nitrogens with one attached hydrogen (secondary N) is 1. The van der Waals surface area contributed by atoms with Crippen LogP contribution in [0.1, 0.15) is 51.9 Å². The van der Waals surface area contributed by atoms with Crippen LogP contribution in [0.3, 0.4) is 0 Å². The molecular weight excluding hydrogens is 272 g/mol. The van der Waals surface area contributed by atoms with Crippen LogP contribution in [0.5, 0.6) is 0 Å². The number of carbonyl (C=O) groups is 1. The monoisotopic (exact) mass is 302 g/mol. The zero-order valence-corrected chi connectivity index (χ0v) is 14.1. The lowest BCUT2D eigenvalue weighted by atomic mass is 9.95. The lowest BCUT2D eigenvalue weighted by molar-refractivity contribution is -0.134. The fourth-order valence-corrected chi connectivity index (χ4v) is 4.61. The Morgan fingerprint density at radius 1 is 1.27 bits per heavy atom. The van der Waals surface area contributed by atoms with Crippen LogP contribution in [0.25, 0.3) is 0 Å². The molecule has 3 heteroatoms. The van der Waals surface area contributed by atoms with Crippen LogP contribution in [0.15, 0.2) is 23.8 Å². The highest BCUT2D eigenvalue weighted by Gasteiger charge is 2.40. The van der Waals surface area contributed by atoms with Crippen molar-refractivity contribution in [2.45, 2.75) is 64.0 Å². The van der Waals surface area contributed by atoms with Gasteiger partial charge in [-0.2, -0.15) is 0 Å². The van der Waals surface area contributed by atoms with Gasteiger partial charge in [0.2, 0.25) is 5.91 Å². The second kappa shape index (κ2) is 6.99. The fraction of sp³-hybridized carbons (Fsp3) is 0.737. The van der Waals surface area contributed by atoms with Crippen LogP contribution in [-0.4, -0.2) is 36.5 Å². The van der Waals surface area contributed by atoms with Gasteiger partial charge < -0.3 is 10.2 Å². The molecule has 1 amide bonds. The van der Waals surface area contributed by atoms with Crippen LogP contribution in [-0.2, 0) is 4.79 Å². The van der Waals surface area contributed by atoms with Crippen molar-refractivity contribution in [1.29, 1.82) is 0 Å². The van der Waals surface area contributed by atoms with Gasteiger partial charge in [-0.1, -0.05) is 38.0 Å². The van der Waals surface area contributed by atoms with Crippen LogP contribution in [0.4, 0.5) is 0 Å². The summed E-state index contributed by atoms with van der Waals surface area (Å²) in [6.45, 7) is 3.08. The minimum Gasteiger partial charge on any atom is -0.334 e. The summed E-state index contributed by atoms with van der Waals surface area (Å²) in [6, 6.07) is 0.500. The summed E-state index contributed by atoms with van der Waals surface area (Å²) in [5.74, 6) is 1.61. The molecule has 122 valence electrons. The molecule has 0 bridgehead atoms. The number of hydrogen-bond acceptors (Lipinski definition) is 2. The Kier molecular flexibility index (Phi) is 5.02. The topological polar surface area (TPSA) is 32.3 Å². The molecule has 1 aliphatic heterocycles. The summed E-state index contributed by atoms with van der Waals surface area (Å²) in [5, 5.41) is 3.25. The normalized spacial score (nSPS) is 34.7. The number of nitrogens with zero attached hydrogens (tertiary/aromatic N) is 1. The number of carbonyl (C=O) groups excluding carboxylic acids is 1. The van der Waals surface area contributed by atoms with Crippen LogP contribution in [0, 0.1) is 11.8 Å². The summed E-state index contributed by atoms with van der Waals surface area (Å²) in [7, 11) is 1.93. The maximum Gasteiger partial charge on any atom is 0.240 e. The summed E-state index contributed by atoms with van der Waals surface area (Å²) in [6.07, 6.45) is 15.1. The van der Waals surface area contributed by atoms with Crippen LogP contribution >= 0.6 is 0 Å². The van der Waals surface area contributed by atoms with E-state index < -0.39 is 0 Å². The number of amides is 1.